The van der Waals surface area contributed by atoms with E-state index in [9.17, 15) is 13.9 Å². The summed E-state index contributed by atoms with van der Waals surface area (Å²) in [6.45, 7) is 1.59. The molecule has 3 N–H and O–H groups in total. The Balaban J connectivity index is 1.71. The molecule has 4 aromatic rings. The third-order valence-electron chi connectivity index (χ3n) is 5.22. The van der Waals surface area contributed by atoms with Gasteiger partial charge in [0.1, 0.15) is 39.9 Å². The van der Waals surface area contributed by atoms with Gasteiger partial charge in [0, 0.05) is 28.7 Å². The molecule has 0 aliphatic rings. The van der Waals surface area contributed by atoms with Gasteiger partial charge in [0.25, 0.3) is 0 Å². The van der Waals surface area contributed by atoms with E-state index in [1.165, 1.54) is 23.4 Å². The molecule has 0 amide bonds. The zero-order valence-electron chi connectivity index (χ0n) is 16.8. The van der Waals surface area contributed by atoms with Gasteiger partial charge in [0.2, 0.25) is 0 Å². The second-order valence-electron chi connectivity index (χ2n) is 7.26. The molecular weight excluding hydrogens is 454 g/mol. The lowest BCUT2D eigenvalue weighted by Crippen LogP contribution is -2.38. The molecule has 2 atom stereocenters. The van der Waals surface area contributed by atoms with Gasteiger partial charge in [-0.15, -0.1) is 0 Å². The number of hydrogen-bond acceptors (Lipinski definition) is 7. The Labute approximate surface area is 191 Å². The average Bonchev–Trinajstić information content (AvgIpc) is 3.45. The molecule has 0 bridgehead atoms. The Morgan fingerprint density at radius 2 is 2.00 bits per heavy atom. The molecular formula is C21H18F2N6OS2. The highest BCUT2D eigenvalue weighted by molar-refractivity contribution is 7.80. The van der Waals surface area contributed by atoms with E-state index in [4.69, 9.17) is 18.0 Å². The highest BCUT2D eigenvalue weighted by Gasteiger charge is 2.41. The Morgan fingerprint density at radius 3 is 2.62 bits per heavy atom. The second-order valence-corrected chi connectivity index (χ2v) is 8.48. The Bertz CT molecular complexity index is 1250. The maximum atomic E-state index is 14.7. The number of nitrogens with zero attached hydrogens (tertiary/aromatic N) is 5. The van der Waals surface area contributed by atoms with Crippen molar-refractivity contribution in [3.8, 4) is 11.4 Å². The minimum Gasteiger partial charge on any atom is -0.389 e. The summed E-state index contributed by atoms with van der Waals surface area (Å²) in [5.41, 5.74) is 5.24. The van der Waals surface area contributed by atoms with E-state index >= 15 is 0 Å². The average molecular weight is 473 g/mol. The van der Waals surface area contributed by atoms with Crippen LogP contribution in [-0.4, -0.2) is 34.2 Å². The van der Waals surface area contributed by atoms with Crippen LogP contribution >= 0.6 is 23.8 Å². The van der Waals surface area contributed by atoms with Crippen LogP contribution in [0.1, 0.15) is 29.0 Å². The molecule has 1 unspecified atom stereocenters. The van der Waals surface area contributed by atoms with Gasteiger partial charge in [-0.3, -0.25) is 0 Å². The maximum absolute atomic E-state index is 14.7. The Morgan fingerprint density at radius 1 is 1.25 bits per heavy atom. The first kappa shape index (κ1) is 22.1. The molecule has 0 fully saturated rings. The molecule has 2 heterocycles. The Kier molecular flexibility index (Phi) is 6.04. The van der Waals surface area contributed by atoms with Crippen molar-refractivity contribution >= 4 is 28.7 Å². The van der Waals surface area contributed by atoms with E-state index in [2.05, 4.69) is 19.4 Å². The van der Waals surface area contributed by atoms with Crippen LogP contribution in [0.5, 0.6) is 0 Å². The number of hydrogen-bond donors (Lipinski definition) is 2. The smallest absolute Gasteiger partial charge is 0.173 e. The lowest BCUT2D eigenvalue weighted by atomic mass is 9.82. The van der Waals surface area contributed by atoms with Gasteiger partial charge in [-0.25, -0.2) is 23.4 Å². The fourth-order valence-electron chi connectivity index (χ4n) is 3.37. The number of aromatic nitrogens is 5. The SMILES string of the molecule is CC(c1nc(-c2ccc(C(N)=S)cc2)ns1)[C@](O)(Cn1cncn1)c1ccc(F)cc1F. The zero-order chi connectivity index (χ0) is 22.9. The summed E-state index contributed by atoms with van der Waals surface area (Å²) < 4.78 is 34.0. The topological polar surface area (TPSA) is 103 Å². The molecule has 0 aliphatic carbocycles. The van der Waals surface area contributed by atoms with Crippen molar-refractivity contribution in [3.05, 3.63) is 82.9 Å². The van der Waals surface area contributed by atoms with E-state index in [1.54, 1.807) is 31.2 Å². The molecule has 0 aliphatic heterocycles. The fourth-order valence-corrected chi connectivity index (χ4v) is 4.32. The number of thiocarbonyl (C=S) groups is 1. The molecule has 0 spiro atoms. The Hall–Kier alpha value is -3.15. The van der Waals surface area contributed by atoms with Crippen LogP contribution in [0, 0.1) is 11.6 Å². The van der Waals surface area contributed by atoms with Crippen molar-refractivity contribution in [1.82, 2.24) is 24.1 Å². The fraction of sp³-hybridized carbons (Fsp3) is 0.190. The van der Waals surface area contributed by atoms with E-state index in [1.807, 2.05) is 0 Å². The predicted molar refractivity (Wildman–Crippen MR) is 120 cm³/mol. The van der Waals surface area contributed by atoms with Gasteiger partial charge in [-0.1, -0.05) is 49.5 Å². The molecule has 2 aromatic heterocycles. The molecule has 11 heteroatoms. The summed E-state index contributed by atoms with van der Waals surface area (Å²) in [6.07, 6.45) is 2.72. The van der Waals surface area contributed by atoms with Crippen molar-refractivity contribution in [2.45, 2.75) is 25.0 Å². The predicted octanol–water partition coefficient (Wildman–Crippen LogP) is 3.40. The quantitative estimate of drug-likeness (QED) is 0.398. The number of nitrogens with two attached hydrogens (primary N) is 1. The lowest BCUT2D eigenvalue weighted by molar-refractivity contribution is -0.0112. The van der Waals surface area contributed by atoms with Crippen LogP contribution in [0.4, 0.5) is 8.78 Å². The third kappa shape index (κ3) is 4.27. The van der Waals surface area contributed by atoms with E-state index in [-0.39, 0.29) is 17.1 Å². The van der Waals surface area contributed by atoms with Crippen molar-refractivity contribution < 1.29 is 13.9 Å². The number of rotatable bonds is 7. The summed E-state index contributed by atoms with van der Waals surface area (Å²) in [5.74, 6) is -1.85. The third-order valence-corrected chi connectivity index (χ3v) is 6.36. The maximum Gasteiger partial charge on any atom is 0.173 e. The summed E-state index contributed by atoms with van der Waals surface area (Å²) in [5, 5.41) is 16.2. The summed E-state index contributed by atoms with van der Waals surface area (Å²) >= 11 is 6.06. The normalized spacial score (nSPS) is 14.1. The van der Waals surface area contributed by atoms with Crippen molar-refractivity contribution in [3.63, 3.8) is 0 Å². The molecule has 164 valence electrons. The molecule has 0 saturated heterocycles. The lowest BCUT2D eigenvalue weighted by Gasteiger charge is -2.33. The first-order valence-electron chi connectivity index (χ1n) is 9.52. The molecule has 0 saturated carbocycles. The standard InChI is InChI=1S/C21H18F2N6OS2/c1-12(20-27-19(28-32-20)14-4-2-13(3-5-14)18(24)31)21(30,9-29-11-25-10-26-29)16-7-6-15(22)8-17(16)23/h2-8,10-12,30H,9H2,1H3,(H2,24,31)/t12?,21-/m1/s1. The molecule has 7 nitrogen and oxygen atoms in total. The highest BCUT2D eigenvalue weighted by Crippen LogP contribution is 2.40. The monoisotopic (exact) mass is 472 g/mol. The van der Waals surface area contributed by atoms with Gasteiger partial charge < -0.3 is 10.8 Å². The molecule has 0 radical (unpaired) electrons. The number of aliphatic hydroxyl groups is 1. The first-order valence-corrected chi connectivity index (χ1v) is 10.7. The van der Waals surface area contributed by atoms with Gasteiger partial charge in [0.05, 0.1) is 6.54 Å². The summed E-state index contributed by atoms with van der Waals surface area (Å²) in [7, 11) is 0. The van der Waals surface area contributed by atoms with E-state index in [0.29, 0.717) is 10.8 Å². The van der Waals surface area contributed by atoms with Crippen LogP contribution in [0.25, 0.3) is 11.4 Å². The minimum absolute atomic E-state index is 0.0699. The molecule has 32 heavy (non-hydrogen) atoms. The largest absolute Gasteiger partial charge is 0.389 e. The second kappa shape index (κ2) is 8.77. The van der Waals surface area contributed by atoms with Crippen LogP contribution < -0.4 is 5.73 Å². The van der Waals surface area contributed by atoms with Crippen molar-refractivity contribution in [2.24, 2.45) is 5.73 Å². The highest BCUT2D eigenvalue weighted by atomic mass is 32.1. The molecule has 2 aromatic carbocycles. The van der Waals surface area contributed by atoms with Crippen LogP contribution in [0.3, 0.4) is 0 Å². The zero-order valence-corrected chi connectivity index (χ0v) is 18.4. The van der Waals surface area contributed by atoms with Crippen LogP contribution in [0.15, 0.2) is 55.1 Å². The van der Waals surface area contributed by atoms with Crippen LogP contribution in [-0.2, 0) is 12.1 Å². The van der Waals surface area contributed by atoms with Crippen molar-refractivity contribution in [1.29, 1.82) is 0 Å². The van der Waals surface area contributed by atoms with Gasteiger partial charge in [0.15, 0.2) is 5.82 Å². The van der Waals surface area contributed by atoms with Gasteiger partial charge in [-0.05, 0) is 17.6 Å². The minimum atomic E-state index is -1.79. The number of benzene rings is 2. The summed E-state index contributed by atoms with van der Waals surface area (Å²) in [6, 6.07) is 10.2. The first-order chi connectivity index (χ1) is 15.3. The van der Waals surface area contributed by atoms with E-state index in [0.717, 1.165) is 34.8 Å². The van der Waals surface area contributed by atoms with Gasteiger partial charge >= 0.3 is 0 Å². The van der Waals surface area contributed by atoms with Crippen LogP contribution in [0.2, 0.25) is 0 Å². The van der Waals surface area contributed by atoms with Crippen molar-refractivity contribution in [2.75, 3.05) is 0 Å². The number of halogens is 2. The summed E-state index contributed by atoms with van der Waals surface area (Å²) in [4.78, 5) is 8.73. The van der Waals surface area contributed by atoms with E-state index < -0.39 is 23.2 Å². The van der Waals surface area contributed by atoms with Gasteiger partial charge in [-0.2, -0.15) is 9.47 Å². The molecule has 4 rings (SSSR count).